The Morgan fingerprint density at radius 3 is 2.38 bits per heavy atom. The van der Waals surface area contributed by atoms with Crippen LogP contribution in [0.3, 0.4) is 0 Å². The highest BCUT2D eigenvalue weighted by Gasteiger charge is 2.06. The number of rotatable bonds is 11. The van der Waals surface area contributed by atoms with Crippen LogP contribution in [-0.4, -0.2) is 72.3 Å². The van der Waals surface area contributed by atoms with Crippen molar-refractivity contribution in [2.45, 2.75) is 12.8 Å². The van der Waals surface area contributed by atoms with Gasteiger partial charge in [-0.15, -0.1) is 0 Å². The number of aliphatic hydroxyl groups excluding tert-OH is 2. The molecule has 16 heavy (non-hydrogen) atoms. The third-order valence-corrected chi connectivity index (χ3v) is 2.06. The van der Waals surface area contributed by atoms with Crippen molar-refractivity contribution in [1.82, 2.24) is 4.90 Å². The van der Waals surface area contributed by atoms with Crippen LogP contribution >= 0.6 is 0 Å². The fourth-order valence-corrected chi connectivity index (χ4v) is 1.24. The Morgan fingerprint density at radius 1 is 1.06 bits per heavy atom. The lowest BCUT2D eigenvalue weighted by molar-refractivity contribution is -0.137. The average Bonchev–Trinajstić information content (AvgIpc) is 2.26. The summed E-state index contributed by atoms with van der Waals surface area (Å²) in [5, 5.41) is 25.8. The van der Waals surface area contributed by atoms with Crippen molar-refractivity contribution in [2.24, 2.45) is 0 Å². The van der Waals surface area contributed by atoms with E-state index in [-0.39, 0.29) is 19.6 Å². The maximum absolute atomic E-state index is 10.4. The van der Waals surface area contributed by atoms with Crippen molar-refractivity contribution in [2.75, 3.05) is 46.1 Å². The molecule has 0 unspecified atom stereocenters. The Morgan fingerprint density at radius 2 is 1.81 bits per heavy atom. The molecule has 3 N–H and O–H groups in total. The van der Waals surface area contributed by atoms with Gasteiger partial charge in [-0.1, -0.05) is 0 Å². The third kappa shape index (κ3) is 9.85. The minimum Gasteiger partial charge on any atom is -0.481 e. The van der Waals surface area contributed by atoms with Gasteiger partial charge in [0.2, 0.25) is 0 Å². The fraction of sp³-hybridized carbons (Fsp3) is 0.900. The van der Waals surface area contributed by atoms with Crippen LogP contribution in [0.15, 0.2) is 0 Å². The zero-order valence-corrected chi connectivity index (χ0v) is 9.47. The van der Waals surface area contributed by atoms with Crippen LogP contribution in [0.2, 0.25) is 0 Å². The molecule has 0 saturated heterocycles. The molecule has 0 heterocycles. The number of nitrogens with zero attached hydrogens (tertiary/aromatic N) is 1. The van der Waals surface area contributed by atoms with E-state index in [1.165, 1.54) is 0 Å². The molecule has 0 saturated carbocycles. The second-order valence-corrected chi connectivity index (χ2v) is 3.40. The molecule has 0 spiro atoms. The summed E-state index contributed by atoms with van der Waals surface area (Å²) >= 11 is 0. The van der Waals surface area contributed by atoms with E-state index in [1.54, 1.807) is 0 Å². The highest BCUT2D eigenvalue weighted by molar-refractivity contribution is 5.66. The van der Waals surface area contributed by atoms with Crippen molar-refractivity contribution >= 4 is 5.97 Å². The molecule has 6 heteroatoms. The molecule has 0 rings (SSSR count). The van der Waals surface area contributed by atoms with Crippen molar-refractivity contribution in [1.29, 1.82) is 0 Å². The molecule has 0 amide bonds. The van der Waals surface area contributed by atoms with E-state index in [4.69, 9.17) is 20.1 Å². The molecule has 0 bridgehead atoms. The predicted molar refractivity (Wildman–Crippen MR) is 58.3 cm³/mol. The highest BCUT2D eigenvalue weighted by atomic mass is 16.5. The van der Waals surface area contributed by atoms with Crippen molar-refractivity contribution in [3.63, 3.8) is 0 Å². The lowest BCUT2D eigenvalue weighted by Gasteiger charge is -2.20. The first-order valence-electron chi connectivity index (χ1n) is 5.44. The average molecular weight is 235 g/mol. The summed E-state index contributed by atoms with van der Waals surface area (Å²) in [5.41, 5.74) is 0. The zero-order valence-electron chi connectivity index (χ0n) is 9.47. The Balaban J connectivity index is 3.66. The predicted octanol–water partition coefficient (Wildman–Crippen LogP) is -0.846. The maximum Gasteiger partial charge on any atom is 0.304 e. The van der Waals surface area contributed by atoms with E-state index < -0.39 is 5.97 Å². The molecule has 0 aliphatic heterocycles. The lowest BCUT2D eigenvalue weighted by Crippen LogP contribution is -2.31. The summed E-state index contributed by atoms with van der Waals surface area (Å²) in [6.45, 7) is 2.59. The maximum atomic E-state index is 10.4. The smallest absolute Gasteiger partial charge is 0.304 e. The van der Waals surface area contributed by atoms with Crippen LogP contribution in [-0.2, 0) is 9.53 Å². The molecule has 0 aliphatic rings. The molecule has 0 radical (unpaired) electrons. The van der Waals surface area contributed by atoms with Gasteiger partial charge in [0, 0.05) is 26.2 Å². The summed E-state index contributed by atoms with van der Waals surface area (Å²) < 4.78 is 5.10. The molecular formula is C10H21NO5. The minimum atomic E-state index is -0.828. The van der Waals surface area contributed by atoms with E-state index in [1.807, 2.05) is 4.90 Å². The number of ether oxygens (including phenoxy) is 1. The van der Waals surface area contributed by atoms with E-state index in [9.17, 15) is 4.79 Å². The topological polar surface area (TPSA) is 90.2 Å². The largest absolute Gasteiger partial charge is 0.481 e. The van der Waals surface area contributed by atoms with Gasteiger partial charge < -0.3 is 25.0 Å². The van der Waals surface area contributed by atoms with E-state index in [0.29, 0.717) is 39.3 Å². The number of carbonyl (C=O) groups is 1. The van der Waals surface area contributed by atoms with E-state index >= 15 is 0 Å². The van der Waals surface area contributed by atoms with Crippen LogP contribution in [0.5, 0.6) is 0 Å². The van der Waals surface area contributed by atoms with Gasteiger partial charge in [0.05, 0.1) is 26.2 Å². The number of aliphatic carboxylic acids is 1. The second kappa shape index (κ2) is 10.8. The summed E-state index contributed by atoms with van der Waals surface area (Å²) in [6.07, 6.45) is 0.713. The number of carboxylic acid groups (broad SMARTS) is 1. The first kappa shape index (κ1) is 15.3. The normalized spacial score (nSPS) is 10.9. The second-order valence-electron chi connectivity index (χ2n) is 3.40. The van der Waals surface area contributed by atoms with Crippen LogP contribution < -0.4 is 0 Å². The van der Waals surface area contributed by atoms with Gasteiger partial charge in [-0.25, -0.2) is 0 Å². The monoisotopic (exact) mass is 235 g/mol. The van der Waals surface area contributed by atoms with Gasteiger partial charge in [-0.3, -0.25) is 4.79 Å². The first-order valence-corrected chi connectivity index (χ1v) is 5.44. The van der Waals surface area contributed by atoms with Crippen molar-refractivity contribution in [3.05, 3.63) is 0 Å². The molecule has 6 nitrogen and oxygen atoms in total. The Labute approximate surface area is 95.4 Å². The van der Waals surface area contributed by atoms with Gasteiger partial charge in [-0.2, -0.15) is 0 Å². The Kier molecular flexibility index (Phi) is 10.3. The third-order valence-electron chi connectivity index (χ3n) is 2.06. The number of hydrogen-bond donors (Lipinski definition) is 3. The van der Waals surface area contributed by atoms with Crippen LogP contribution in [0, 0.1) is 0 Å². The van der Waals surface area contributed by atoms with Crippen LogP contribution in [0.1, 0.15) is 12.8 Å². The number of carboxylic acids is 1. The molecule has 96 valence electrons. The van der Waals surface area contributed by atoms with Crippen molar-refractivity contribution in [3.8, 4) is 0 Å². The zero-order chi connectivity index (χ0) is 12.2. The molecule has 0 atom stereocenters. The standard InChI is InChI=1S/C10H21NO5/c12-6-1-3-11(4-2-10(14)15)5-8-16-9-7-13/h12-13H,1-9H2,(H,14,15). The number of hydrogen-bond acceptors (Lipinski definition) is 5. The molecule has 0 aromatic rings. The molecular weight excluding hydrogens is 214 g/mol. The summed E-state index contributed by atoms with van der Waals surface area (Å²) in [6, 6.07) is 0. The van der Waals surface area contributed by atoms with Gasteiger partial charge in [-0.05, 0) is 6.42 Å². The highest BCUT2D eigenvalue weighted by Crippen LogP contribution is 1.95. The molecule has 0 aromatic carbocycles. The van der Waals surface area contributed by atoms with E-state index in [2.05, 4.69) is 0 Å². The SMILES string of the molecule is O=C(O)CCN(CCCO)CCOCCO. The van der Waals surface area contributed by atoms with Gasteiger partial charge >= 0.3 is 5.97 Å². The van der Waals surface area contributed by atoms with Gasteiger partial charge in [0.15, 0.2) is 0 Å². The molecule has 0 fully saturated rings. The van der Waals surface area contributed by atoms with Crippen LogP contribution in [0.4, 0.5) is 0 Å². The molecule has 0 aromatic heterocycles. The summed E-state index contributed by atoms with van der Waals surface area (Å²) in [7, 11) is 0. The Hall–Kier alpha value is -0.690. The summed E-state index contributed by atoms with van der Waals surface area (Å²) in [4.78, 5) is 12.3. The van der Waals surface area contributed by atoms with Crippen molar-refractivity contribution < 1.29 is 24.9 Å². The minimum absolute atomic E-state index is 0.00817. The van der Waals surface area contributed by atoms with Gasteiger partial charge in [0.25, 0.3) is 0 Å². The lowest BCUT2D eigenvalue weighted by atomic mass is 10.3. The summed E-state index contributed by atoms with van der Waals surface area (Å²) in [5.74, 6) is -0.828. The van der Waals surface area contributed by atoms with Crippen LogP contribution in [0.25, 0.3) is 0 Å². The number of aliphatic hydroxyl groups is 2. The molecule has 0 aliphatic carbocycles. The first-order chi connectivity index (χ1) is 7.70. The Bertz CT molecular complexity index is 177. The quantitative estimate of drug-likeness (QED) is 0.404. The van der Waals surface area contributed by atoms with E-state index in [0.717, 1.165) is 0 Å². The fourth-order valence-electron chi connectivity index (χ4n) is 1.24. The van der Waals surface area contributed by atoms with Gasteiger partial charge in [0.1, 0.15) is 0 Å².